The van der Waals surface area contributed by atoms with Gasteiger partial charge in [0, 0.05) is 58.4 Å². The highest BCUT2D eigenvalue weighted by Crippen LogP contribution is 2.42. The molecule has 0 N–H and O–H groups in total. The summed E-state index contributed by atoms with van der Waals surface area (Å²) < 4.78 is 99.6. The highest BCUT2D eigenvalue weighted by atomic mass is 19.4. The van der Waals surface area contributed by atoms with Crippen molar-refractivity contribution in [3.63, 3.8) is 0 Å². The number of carbonyl (C=O) groups excluding carboxylic acids is 1. The Kier molecular flexibility index (Phi) is 12.7. The number of amides is 1. The van der Waals surface area contributed by atoms with E-state index in [1.54, 1.807) is 81.0 Å². The average Bonchev–Trinajstić information content (AvgIpc) is 4.00. The predicted octanol–water partition coefficient (Wildman–Crippen LogP) is 8.87. The molecule has 3 fully saturated rings. The first-order valence-electron chi connectivity index (χ1n) is 21.6. The van der Waals surface area contributed by atoms with Crippen LogP contribution in [-0.2, 0) is 24.0 Å². The summed E-state index contributed by atoms with van der Waals surface area (Å²) in [5, 5.41) is 0.104. The number of hydrogen-bond donors (Lipinski definition) is 0. The van der Waals surface area contributed by atoms with Gasteiger partial charge in [0.25, 0.3) is 0 Å². The first-order chi connectivity index (χ1) is 30.9. The van der Waals surface area contributed by atoms with Crippen LogP contribution >= 0.6 is 0 Å². The van der Waals surface area contributed by atoms with Gasteiger partial charge in [-0.05, 0) is 94.1 Å². The molecule has 18 heteroatoms. The third-order valence-electron chi connectivity index (χ3n) is 12.4. The van der Waals surface area contributed by atoms with Crippen LogP contribution in [0.4, 0.5) is 38.4 Å². The van der Waals surface area contributed by atoms with Crippen LogP contribution < -0.4 is 24.0 Å². The molecule has 2 aromatic carbocycles. The van der Waals surface area contributed by atoms with Crippen LogP contribution in [0.25, 0.3) is 22.3 Å². The summed E-state index contributed by atoms with van der Waals surface area (Å²) in [5.74, 6) is 0.425. The monoisotopic (exact) mass is 904 g/mol. The van der Waals surface area contributed by atoms with Crippen molar-refractivity contribution in [2.45, 2.75) is 89.1 Å². The second kappa shape index (κ2) is 18.1. The zero-order chi connectivity index (χ0) is 46.3. The van der Waals surface area contributed by atoms with Gasteiger partial charge >= 0.3 is 18.3 Å². The summed E-state index contributed by atoms with van der Waals surface area (Å²) in [4.78, 5) is 38.3. The van der Waals surface area contributed by atoms with Crippen LogP contribution in [0.2, 0.25) is 0 Å². The molecule has 0 saturated carbocycles. The van der Waals surface area contributed by atoms with E-state index in [1.165, 1.54) is 12.3 Å². The quantitative estimate of drug-likeness (QED) is 0.105. The molecule has 3 atom stereocenters. The summed E-state index contributed by atoms with van der Waals surface area (Å²) in [7, 11) is 4.83. The van der Waals surface area contributed by atoms with Gasteiger partial charge in [0.2, 0.25) is 0 Å². The number of nitrogens with zero attached hydrogens (tertiary/aromatic N) is 8. The summed E-state index contributed by atoms with van der Waals surface area (Å²) >= 11 is 0. The molecule has 0 bridgehead atoms. The van der Waals surface area contributed by atoms with Gasteiger partial charge in [0.05, 0.1) is 30.7 Å². The maximum absolute atomic E-state index is 17.4. The number of methoxy groups -OCH3 is 2. The van der Waals surface area contributed by atoms with E-state index < -0.39 is 52.3 Å². The van der Waals surface area contributed by atoms with Crippen molar-refractivity contribution in [2.24, 2.45) is 0 Å². The summed E-state index contributed by atoms with van der Waals surface area (Å²) in [6.07, 6.45) is -2.90. The molecule has 13 nitrogen and oxygen atoms in total. The van der Waals surface area contributed by atoms with E-state index in [0.29, 0.717) is 37.4 Å². The van der Waals surface area contributed by atoms with E-state index in [-0.39, 0.29) is 73.8 Å². The van der Waals surface area contributed by atoms with Crippen LogP contribution in [0, 0.1) is 5.82 Å². The fourth-order valence-electron chi connectivity index (χ4n) is 9.05. The average molecular weight is 905 g/mol. The number of anilines is 2. The number of benzene rings is 2. The number of alkyl halides is 4. The van der Waals surface area contributed by atoms with Gasteiger partial charge in [0.1, 0.15) is 58.4 Å². The Bertz CT molecular complexity index is 2460. The Balaban J connectivity index is 1.21. The standard InChI is InChI=1S/C47H53F5N8O5/c1-45(2,3)65-44(61)58-21-18-32(27-58)57(4)42-35-23-53-41(38(49)39(35)55-43(56-42)64-28-46-19-7-20-60(46)26-31(48)22-46)40-36(47(50,51)52)16-17-37(54-40)59(24-29-8-12-33(62-5)13-9-29)25-30-10-14-34(63-6)15-11-30/h8-17,23,31-32H,7,18-22,24-28H2,1-6H3/t31-,32-,46+/m1/s1. The minimum Gasteiger partial charge on any atom is -0.497 e. The smallest absolute Gasteiger partial charge is 0.418 e. The van der Waals surface area contributed by atoms with E-state index >= 15 is 4.39 Å². The first kappa shape index (κ1) is 45.5. The second-order valence-electron chi connectivity index (χ2n) is 18.0. The van der Waals surface area contributed by atoms with Crippen LogP contribution in [0.1, 0.15) is 63.1 Å². The van der Waals surface area contributed by atoms with E-state index in [9.17, 15) is 22.4 Å². The maximum atomic E-state index is 17.4. The van der Waals surface area contributed by atoms with Gasteiger partial charge in [0.15, 0.2) is 5.82 Å². The van der Waals surface area contributed by atoms with Gasteiger partial charge in [-0.2, -0.15) is 23.1 Å². The minimum atomic E-state index is -4.95. The molecular weight excluding hydrogens is 852 g/mol. The Labute approximate surface area is 374 Å². The molecule has 8 rings (SSSR count). The van der Waals surface area contributed by atoms with Gasteiger partial charge in [-0.15, -0.1) is 0 Å². The number of fused-ring (bicyclic) bond motifs is 2. The molecule has 3 saturated heterocycles. The van der Waals surface area contributed by atoms with Crippen molar-refractivity contribution < 1.29 is 45.7 Å². The number of aromatic nitrogens is 4. The van der Waals surface area contributed by atoms with Crippen LogP contribution in [0.15, 0.2) is 66.9 Å². The van der Waals surface area contributed by atoms with Crippen molar-refractivity contribution in [3.8, 4) is 28.9 Å². The largest absolute Gasteiger partial charge is 0.497 e. The molecule has 1 amide bonds. The molecule has 0 unspecified atom stereocenters. The SMILES string of the molecule is COc1ccc(CN(Cc2ccc(OC)cc2)c2ccc(C(F)(F)F)c(-c3ncc4c(N(C)[C@@H]5CCN(C(=O)OC(C)(C)C)C5)nc(OC[C@@]56CCCN5C[C@H](F)C6)nc4c3F)n2)cc1. The van der Waals surface area contributed by atoms with Crippen LogP contribution in [0.3, 0.4) is 0 Å². The molecule has 3 aromatic heterocycles. The molecule has 3 aliphatic heterocycles. The van der Waals surface area contributed by atoms with Gasteiger partial charge < -0.3 is 33.6 Å². The second-order valence-corrected chi connectivity index (χ2v) is 18.0. The van der Waals surface area contributed by atoms with E-state index in [2.05, 4.69) is 19.9 Å². The van der Waals surface area contributed by atoms with Crippen molar-refractivity contribution in [3.05, 3.63) is 89.4 Å². The Hall–Kier alpha value is -6.04. The molecular formula is C47H53F5N8O5. The molecule has 346 valence electrons. The summed E-state index contributed by atoms with van der Waals surface area (Å²) in [5.41, 5.74) is -2.62. The van der Waals surface area contributed by atoms with Crippen molar-refractivity contribution in [1.82, 2.24) is 29.7 Å². The van der Waals surface area contributed by atoms with Crippen LogP contribution in [0.5, 0.6) is 17.5 Å². The fourth-order valence-corrected chi connectivity index (χ4v) is 9.05. The summed E-state index contributed by atoms with van der Waals surface area (Å²) in [6, 6.07) is 16.1. The zero-order valence-electron chi connectivity index (χ0n) is 37.3. The topological polar surface area (TPSA) is 119 Å². The lowest BCUT2D eigenvalue weighted by Crippen LogP contribution is -2.43. The lowest BCUT2D eigenvalue weighted by Gasteiger charge is -2.31. The number of pyridine rings is 2. The minimum absolute atomic E-state index is 0.0253. The third-order valence-corrected chi connectivity index (χ3v) is 12.4. The van der Waals surface area contributed by atoms with Crippen molar-refractivity contribution in [2.75, 3.05) is 63.9 Å². The van der Waals surface area contributed by atoms with Crippen molar-refractivity contribution >= 4 is 28.6 Å². The first-order valence-corrected chi connectivity index (χ1v) is 21.6. The highest BCUT2D eigenvalue weighted by molar-refractivity contribution is 5.92. The fraction of sp³-hybridized carbons (Fsp3) is 0.468. The molecule has 0 aliphatic carbocycles. The predicted molar refractivity (Wildman–Crippen MR) is 235 cm³/mol. The number of ether oxygens (including phenoxy) is 4. The van der Waals surface area contributed by atoms with Gasteiger partial charge in [-0.25, -0.2) is 18.6 Å². The number of hydrogen-bond acceptors (Lipinski definition) is 12. The van der Waals surface area contributed by atoms with Gasteiger partial charge in [-0.3, -0.25) is 9.88 Å². The Morgan fingerprint density at radius 3 is 2.15 bits per heavy atom. The van der Waals surface area contributed by atoms with Crippen molar-refractivity contribution in [1.29, 1.82) is 0 Å². The van der Waals surface area contributed by atoms with E-state index in [1.807, 2.05) is 24.3 Å². The summed E-state index contributed by atoms with van der Waals surface area (Å²) in [6.45, 7) is 7.44. The normalized spacial score (nSPS) is 20.0. The number of carbonyl (C=O) groups is 1. The molecule has 0 radical (unpaired) electrons. The Morgan fingerprint density at radius 1 is 0.877 bits per heavy atom. The van der Waals surface area contributed by atoms with Gasteiger partial charge in [-0.1, -0.05) is 24.3 Å². The molecule has 65 heavy (non-hydrogen) atoms. The maximum Gasteiger partial charge on any atom is 0.418 e. The highest BCUT2D eigenvalue weighted by Gasteiger charge is 2.49. The molecule has 6 heterocycles. The molecule has 3 aliphatic rings. The molecule has 0 spiro atoms. The number of rotatable bonds is 13. The third kappa shape index (κ3) is 9.82. The van der Waals surface area contributed by atoms with Crippen LogP contribution in [-0.4, -0.2) is 113 Å². The zero-order valence-corrected chi connectivity index (χ0v) is 37.3. The number of likely N-dealkylation sites (tertiary alicyclic amines) is 1. The number of halogens is 5. The Morgan fingerprint density at radius 2 is 1.54 bits per heavy atom. The van der Waals surface area contributed by atoms with E-state index in [4.69, 9.17) is 23.9 Å². The lowest BCUT2D eigenvalue weighted by molar-refractivity contribution is -0.137. The lowest BCUT2D eigenvalue weighted by atomic mass is 9.95. The molecule has 5 aromatic rings. The number of likely N-dealkylation sites (N-methyl/N-ethyl adjacent to an activating group) is 1. The van der Waals surface area contributed by atoms with E-state index in [0.717, 1.165) is 23.6 Å².